The number of esters is 2. The number of ether oxygens (including phenoxy) is 2. The Morgan fingerprint density at radius 3 is 2.77 bits per heavy atom. The van der Waals surface area contributed by atoms with Crippen molar-refractivity contribution in [1.82, 2.24) is 5.32 Å². The lowest BCUT2D eigenvalue weighted by molar-refractivity contribution is -0.154. The molecule has 6 nitrogen and oxygen atoms in total. The van der Waals surface area contributed by atoms with Gasteiger partial charge < -0.3 is 14.6 Å². The van der Waals surface area contributed by atoms with Gasteiger partial charge in [0, 0.05) is 25.7 Å². The number of hydrogen-bond donors (Lipinski definition) is 2. The van der Waals surface area contributed by atoms with Crippen molar-refractivity contribution in [3.8, 4) is 0 Å². The fraction of sp³-hybridized carbons (Fsp3) is 0.500. The Morgan fingerprint density at radius 2 is 2.15 bits per heavy atom. The van der Waals surface area contributed by atoms with E-state index in [0.29, 0.717) is 0 Å². The zero-order chi connectivity index (χ0) is 18.9. The lowest BCUT2D eigenvalue weighted by Crippen LogP contribution is -2.56. The van der Waals surface area contributed by atoms with E-state index >= 15 is 0 Å². The number of nitrogens with one attached hydrogen (secondary N) is 1. The summed E-state index contributed by atoms with van der Waals surface area (Å²) in [6, 6.07) is 9.57. The van der Waals surface area contributed by atoms with Gasteiger partial charge in [-0.15, -0.1) is 0 Å². The molecule has 0 unspecified atom stereocenters. The number of fused-ring (bicyclic) bond motifs is 1. The lowest BCUT2D eigenvalue weighted by Gasteiger charge is -2.34. The molecular formula is C20H27NO5. The number of carbonyl (C=O) groups excluding carboxylic acids is 2. The molecule has 0 heterocycles. The smallest absolute Gasteiger partial charge is 0.326 e. The SMILES string of the molecule is C=COC(=O)[C@H]1[C@H]2[C@@H]1[C@](N[C@H](C)c1ccccc1)(C(=O)OCC)C[C@@H]2O.[HH]. The molecule has 2 aliphatic carbocycles. The van der Waals surface area contributed by atoms with Gasteiger partial charge in [0.05, 0.1) is 24.9 Å². The van der Waals surface area contributed by atoms with Crippen LogP contribution >= 0.6 is 0 Å². The summed E-state index contributed by atoms with van der Waals surface area (Å²) in [6.07, 6.45) is 0.535. The van der Waals surface area contributed by atoms with Crippen LogP contribution in [-0.2, 0) is 19.1 Å². The van der Waals surface area contributed by atoms with Crippen molar-refractivity contribution in [2.75, 3.05) is 6.61 Å². The van der Waals surface area contributed by atoms with E-state index in [4.69, 9.17) is 9.47 Å². The van der Waals surface area contributed by atoms with E-state index in [1.54, 1.807) is 6.92 Å². The number of aliphatic hydroxyl groups is 1. The number of hydrogen-bond acceptors (Lipinski definition) is 6. The Bertz CT molecular complexity index is 697. The molecule has 142 valence electrons. The minimum atomic E-state index is -1.11. The molecule has 0 amide bonds. The predicted octanol–water partition coefficient (Wildman–Crippen LogP) is 2.20. The van der Waals surface area contributed by atoms with Crippen LogP contribution in [0.5, 0.6) is 0 Å². The van der Waals surface area contributed by atoms with E-state index in [9.17, 15) is 14.7 Å². The summed E-state index contributed by atoms with van der Waals surface area (Å²) in [5.74, 6) is -2.08. The van der Waals surface area contributed by atoms with Crippen LogP contribution in [-0.4, -0.2) is 35.3 Å². The molecule has 2 aliphatic rings. The second kappa shape index (κ2) is 7.21. The molecule has 26 heavy (non-hydrogen) atoms. The Balaban J connectivity index is 0.00000261. The number of rotatable bonds is 7. The minimum absolute atomic E-state index is 0. The highest BCUT2D eigenvalue weighted by Gasteiger charge is 2.75. The first-order valence-electron chi connectivity index (χ1n) is 8.95. The van der Waals surface area contributed by atoms with Crippen LogP contribution in [0.2, 0.25) is 0 Å². The van der Waals surface area contributed by atoms with E-state index in [2.05, 4.69) is 11.9 Å². The van der Waals surface area contributed by atoms with Crippen LogP contribution in [0, 0.1) is 17.8 Å². The maximum atomic E-state index is 12.9. The van der Waals surface area contributed by atoms with Gasteiger partial charge in [-0.25, -0.2) is 0 Å². The highest BCUT2D eigenvalue weighted by molar-refractivity contribution is 5.87. The number of carbonyl (C=O) groups is 2. The van der Waals surface area contributed by atoms with E-state index < -0.39 is 29.5 Å². The first-order chi connectivity index (χ1) is 12.5. The van der Waals surface area contributed by atoms with Crippen molar-refractivity contribution in [2.24, 2.45) is 17.8 Å². The van der Waals surface area contributed by atoms with Crippen molar-refractivity contribution in [3.63, 3.8) is 0 Å². The second-order valence-electron chi connectivity index (χ2n) is 6.97. The van der Waals surface area contributed by atoms with Gasteiger partial charge in [0.25, 0.3) is 0 Å². The quantitative estimate of drug-likeness (QED) is 0.572. The van der Waals surface area contributed by atoms with E-state index in [1.807, 2.05) is 37.3 Å². The monoisotopic (exact) mass is 361 g/mol. The first-order valence-corrected chi connectivity index (χ1v) is 8.95. The number of aliphatic hydroxyl groups excluding tert-OH is 1. The van der Waals surface area contributed by atoms with Gasteiger partial charge in [-0.3, -0.25) is 14.9 Å². The summed E-state index contributed by atoms with van der Waals surface area (Å²) in [6.45, 7) is 7.33. The molecule has 1 aromatic carbocycles. The molecule has 1 aromatic rings. The molecule has 2 saturated carbocycles. The third kappa shape index (κ3) is 3.04. The summed E-state index contributed by atoms with van der Waals surface area (Å²) in [5.41, 5.74) is -0.0970. The molecule has 0 radical (unpaired) electrons. The molecule has 2 fully saturated rings. The molecular weight excluding hydrogens is 334 g/mol. The predicted molar refractivity (Wildman–Crippen MR) is 96.9 cm³/mol. The molecule has 0 saturated heterocycles. The van der Waals surface area contributed by atoms with Crippen molar-refractivity contribution in [3.05, 3.63) is 48.7 Å². The minimum Gasteiger partial charge on any atom is -0.465 e. The van der Waals surface area contributed by atoms with E-state index in [0.717, 1.165) is 11.8 Å². The van der Waals surface area contributed by atoms with Gasteiger partial charge in [-0.1, -0.05) is 36.9 Å². The third-order valence-corrected chi connectivity index (χ3v) is 5.50. The zero-order valence-electron chi connectivity index (χ0n) is 15.1. The van der Waals surface area contributed by atoms with Crippen molar-refractivity contribution in [2.45, 2.75) is 38.0 Å². The van der Waals surface area contributed by atoms with Crippen LogP contribution in [0.3, 0.4) is 0 Å². The van der Waals surface area contributed by atoms with Gasteiger partial charge in [-0.2, -0.15) is 0 Å². The van der Waals surface area contributed by atoms with Crippen LogP contribution in [0.4, 0.5) is 0 Å². The average molecular weight is 361 g/mol. The lowest BCUT2D eigenvalue weighted by atomic mass is 9.87. The van der Waals surface area contributed by atoms with Gasteiger partial charge in [0.15, 0.2) is 0 Å². The van der Waals surface area contributed by atoms with Crippen molar-refractivity contribution < 1.29 is 25.6 Å². The topological polar surface area (TPSA) is 84.9 Å². The summed E-state index contributed by atoms with van der Waals surface area (Å²) in [7, 11) is 0. The maximum absolute atomic E-state index is 12.9. The fourth-order valence-electron chi connectivity index (χ4n) is 4.42. The van der Waals surface area contributed by atoms with Gasteiger partial charge in [0.2, 0.25) is 0 Å². The summed E-state index contributed by atoms with van der Waals surface area (Å²) in [4.78, 5) is 25.1. The first kappa shape index (κ1) is 18.6. The largest absolute Gasteiger partial charge is 0.465 e. The normalized spacial score (nSPS) is 33.0. The van der Waals surface area contributed by atoms with E-state index in [1.165, 1.54) is 0 Å². The molecule has 0 spiro atoms. The third-order valence-electron chi connectivity index (χ3n) is 5.50. The second-order valence-corrected chi connectivity index (χ2v) is 6.97. The molecule has 6 heteroatoms. The Labute approximate surface area is 154 Å². The molecule has 0 bridgehead atoms. The van der Waals surface area contributed by atoms with Crippen LogP contribution < -0.4 is 5.32 Å². The standard InChI is InChI=1S/C20H25NO5.H2/c1-4-25-18(23)16-15-14(22)11-20(17(15)16,19(24)26-5-2)21-12(3)13-9-7-6-8-10-13;/h4,6-10,12,14-17,21-22H,1,5,11H2,2-3H3;1H/t12-,14+,15+,16+,17+,20+;/m1./s1. The van der Waals surface area contributed by atoms with Crippen molar-refractivity contribution >= 4 is 11.9 Å². The summed E-state index contributed by atoms with van der Waals surface area (Å²) in [5, 5.41) is 13.9. The summed E-state index contributed by atoms with van der Waals surface area (Å²) < 4.78 is 10.2. The molecule has 3 rings (SSSR count). The molecule has 0 aliphatic heterocycles. The van der Waals surface area contributed by atoms with Gasteiger partial charge >= 0.3 is 11.9 Å². The Hall–Kier alpha value is -2.18. The highest BCUT2D eigenvalue weighted by atomic mass is 16.5. The maximum Gasteiger partial charge on any atom is 0.326 e. The summed E-state index contributed by atoms with van der Waals surface area (Å²) >= 11 is 0. The van der Waals surface area contributed by atoms with Crippen LogP contribution in [0.1, 0.15) is 33.3 Å². The van der Waals surface area contributed by atoms with Gasteiger partial charge in [0.1, 0.15) is 5.54 Å². The van der Waals surface area contributed by atoms with Gasteiger partial charge in [-0.05, 0) is 19.4 Å². The van der Waals surface area contributed by atoms with E-state index in [-0.39, 0.29) is 32.3 Å². The van der Waals surface area contributed by atoms with Crippen LogP contribution in [0.15, 0.2) is 43.2 Å². The zero-order valence-corrected chi connectivity index (χ0v) is 15.1. The Kier molecular flexibility index (Phi) is 5.16. The molecule has 2 N–H and O–H groups in total. The van der Waals surface area contributed by atoms with Crippen molar-refractivity contribution in [1.29, 1.82) is 0 Å². The Morgan fingerprint density at radius 1 is 1.46 bits per heavy atom. The average Bonchev–Trinajstić information content (AvgIpc) is 3.32. The molecule has 6 atom stereocenters. The molecule has 0 aromatic heterocycles. The fourth-order valence-corrected chi connectivity index (χ4v) is 4.42. The highest BCUT2D eigenvalue weighted by Crippen LogP contribution is 2.63. The number of benzene rings is 1. The van der Waals surface area contributed by atoms with Crippen LogP contribution in [0.25, 0.3) is 0 Å².